The molecule has 0 spiro atoms. The van der Waals surface area contributed by atoms with Gasteiger partial charge in [-0.2, -0.15) is 13.2 Å². The predicted octanol–water partition coefficient (Wildman–Crippen LogP) is 3.55. The molecule has 1 N–H and O–H groups in total. The van der Waals surface area contributed by atoms with Crippen molar-refractivity contribution in [2.45, 2.75) is 11.1 Å². The molecule has 0 radical (unpaired) electrons. The van der Waals surface area contributed by atoms with E-state index < -0.39 is 21.8 Å². The van der Waals surface area contributed by atoms with Gasteiger partial charge in [-0.15, -0.1) is 0 Å². The minimum Gasteiger partial charge on any atom is -0.263 e. The second-order valence-electron chi connectivity index (χ2n) is 3.97. The van der Waals surface area contributed by atoms with Crippen LogP contribution in [-0.2, 0) is 16.2 Å². The van der Waals surface area contributed by atoms with Crippen LogP contribution in [0, 0.1) is 0 Å². The van der Waals surface area contributed by atoms with E-state index in [-0.39, 0.29) is 15.9 Å². The first-order valence-corrected chi connectivity index (χ1v) is 7.37. The molecule has 21 heavy (non-hydrogen) atoms. The first-order valence-electron chi connectivity index (χ1n) is 5.51. The summed E-state index contributed by atoms with van der Waals surface area (Å²) >= 11 is 5.62. The van der Waals surface area contributed by atoms with Crippen LogP contribution < -0.4 is 4.72 Å². The highest BCUT2D eigenvalue weighted by molar-refractivity contribution is 7.92. The van der Waals surface area contributed by atoms with E-state index in [1.807, 2.05) is 0 Å². The number of aromatic nitrogens is 1. The summed E-state index contributed by atoms with van der Waals surface area (Å²) in [5, 5.41) is 0.0858. The zero-order valence-corrected chi connectivity index (χ0v) is 11.8. The van der Waals surface area contributed by atoms with Crippen molar-refractivity contribution in [2.75, 3.05) is 4.72 Å². The molecule has 0 saturated carbocycles. The molecule has 9 heteroatoms. The lowest BCUT2D eigenvalue weighted by Crippen LogP contribution is -2.14. The maximum absolute atomic E-state index is 12.4. The van der Waals surface area contributed by atoms with E-state index in [9.17, 15) is 21.6 Å². The van der Waals surface area contributed by atoms with Crippen LogP contribution in [0.5, 0.6) is 0 Å². The molecule has 0 atom stereocenters. The Bertz CT molecular complexity index is 746. The Kier molecular flexibility index (Phi) is 4.11. The van der Waals surface area contributed by atoms with Gasteiger partial charge in [0, 0.05) is 0 Å². The van der Waals surface area contributed by atoms with Crippen LogP contribution in [0.3, 0.4) is 0 Å². The molecular formula is C12H8ClF3N2O2S. The van der Waals surface area contributed by atoms with E-state index in [2.05, 4.69) is 9.71 Å². The summed E-state index contributed by atoms with van der Waals surface area (Å²) in [7, 11) is -4.03. The minimum atomic E-state index is -4.52. The topological polar surface area (TPSA) is 59.1 Å². The predicted molar refractivity (Wildman–Crippen MR) is 71.5 cm³/mol. The molecule has 0 aliphatic rings. The molecule has 0 unspecified atom stereocenters. The molecular weight excluding hydrogens is 329 g/mol. The summed E-state index contributed by atoms with van der Waals surface area (Å²) in [5.41, 5.74) is -0.928. The first kappa shape index (κ1) is 15.6. The standard InChI is InChI=1S/C12H8ClF3N2O2S/c13-10-2-1-3-11(17-10)18-21(19,20)9-6-4-8(5-7-9)12(14,15)16/h1-7H,(H,17,18). The molecule has 0 amide bonds. The van der Waals surface area contributed by atoms with Gasteiger partial charge in [-0.25, -0.2) is 13.4 Å². The van der Waals surface area contributed by atoms with Gasteiger partial charge >= 0.3 is 6.18 Å². The molecule has 0 bridgehead atoms. The number of pyridine rings is 1. The summed E-state index contributed by atoms with van der Waals surface area (Å²) in [6.07, 6.45) is -4.52. The number of nitrogens with zero attached hydrogens (tertiary/aromatic N) is 1. The molecule has 2 rings (SSSR count). The summed E-state index contributed by atoms with van der Waals surface area (Å²) in [6.45, 7) is 0. The Morgan fingerprint density at radius 1 is 1.05 bits per heavy atom. The molecule has 112 valence electrons. The zero-order valence-electron chi connectivity index (χ0n) is 10.2. The Balaban J connectivity index is 2.28. The van der Waals surface area contributed by atoms with Crippen LogP contribution in [0.25, 0.3) is 0 Å². The number of sulfonamides is 1. The number of halogens is 4. The molecule has 0 saturated heterocycles. The maximum atomic E-state index is 12.4. The fourth-order valence-corrected chi connectivity index (χ4v) is 2.65. The van der Waals surface area contributed by atoms with Gasteiger partial charge in [0.25, 0.3) is 10.0 Å². The highest BCUT2D eigenvalue weighted by atomic mass is 35.5. The van der Waals surface area contributed by atoms with E-state index in [0.29, 0.717) is 12.1 Å². The molecule has 1 aromatic heterocycles. The van der Waals surface area contributed by atoms with Crippen molar-refractivity contribution < 1.29 is 21.6 Å². The average Bonchev–Trinajstić information content (AvgIpc) is 2.37. The van der Waals surface area contributed by atoms with E-state index in [1.54, 1.807) is 0 Å². The van der Waals surface area contributed by atoms with Crippen molar-refractivity contribution in [1.82, 2.24) is 4.98 Å². The number of anilines is 1. The summed E-state index contributed by atoms with van der Waals surface area (Å²) in [6, 6.07) is 7.44. The van der Waals surface area contributed by atoms with E-state index in [0.717, 1.165) is 12.1 Å². The van der Waals surface area contributed by atoms with Gasteiger partial charge in [-0.05, 0) is 36.4 Å². The number of benzene rings is 1. The Hall–Kier alpha value is -1.80. The summed E-state index contributed by atoms with van der Waals surface area (Å²) in [4.78, 5) is 3.43. The average molecular weight is 337 g/mol. The second kappa shape index (κ2) is 5.53. The van der Waals surface area contributed by atoms with Crippen molar-refractivity contribution in [3.8, 4) is 0 Å². The van der Waals surface area contributed by atoms with E-state index >= 15 is 0 Å². The maximum Gasteiger partial charge on any atom is 0.416 e. The molecule has 0 fully saturated rings. The third-order valence-corrected chi connectivity index (χ3v) is 4.03. The van der Waals surface area contributed by atoms with Crippen molar-refractivity contribution in [2.24, 2.45) is 0 Å². The molecule has 0 aliphatic heterocycles. The molecule has 4 nitrogen and oxygen atoms in total. The zero-order chi connectivity index (χ0) is 15.7. The molecule has 1 aromatic carbocycles. The van der Waals surface area contributed by atoms with Crippen LogP contribution in [0.15, 0.2) is 47.4 Å². The number of hydrogen-bond donors (Lipinski definition) is 1. The number of nitrogens with one attached hydrogen (secondary N) is 1. The van der Waals surface area contributed by atoms with Crippen molar-refractivity contribution >= 4 is 27.4 Å². The number of hydrogen-bond acceptors (Lipinski definition) is 3. The number of alkyl halides is 3. The third kappa shape index (κ3) is 3.85. The lowest BCUT2D eigenvalue weighted by Gasteiger charge is -2.09. The van der Waals surface area contributed by atoms with Crippen LogP contribution in [-0.4, -0.2) is 13.4 Å². The summed E-state index contributed by atoms with van der Waals surface area (Å²) in [5.74, 6) is -0.0256. The van der Waals surface area contributed by atoms with Crippen molar-refractivity contribution in [3.63, 3.8) is 0 Å². The smallest absolute Gasteiger partial charge is 0.263 e. The van der Waals surface area contributed by atoms with Crippen LogP contribution in [0.2, 0.25) is 5.15 Å². The number of rotatable bonds is 3. The van der Waals surface area contributed by atoms with Crippen LogP contribution in [0.4, 0.5) is 19.0 Å². The first-order chi connectivity index (χ1) is 9.68. The van der Waals surface area contributed by atoms with Crippen molar-refractivity contribution in [1.29, 1.82) is 0 Å². The van der Waals surface area contributed by atoms with Gasteiger partial charge in [0.2, 0.25) is 0 Å². The van der Waals surface area contributed by atoms with Crippen LogP contribution >= 0.6 is 11.6 Å². The monoisotopic (exact) mass is 336 g/mol. The Morgan fingerprint density at radius 3 is 2.19 bits per heavy atom. The van der Waals surface area contributed by atoms with Crippen LogP contribution in [0.1, 0.15) is 5.56 Å². The lowest BCUT2D eigenvalue weighted by molar-refractivity contribution is -0.137. The van der Waals surface area contributed by atoms with Gasteiger partial charge in [-0.3, -0.25) is 4.72 Å². The van der Waals surface area contributed by atoms with Crippen molar-refractivity contribution in [3.05, 3.63) is 53.2 Å². The van der Waals surface area contributed by atoms with Gasteiger partial charge in [0.15, 0.2) is 0 Å². The SMILES string of the molecule is O=S(=O)(Nc1cccc(Cl)n1)c1ccc(C(F)(F)F)cc1. The van der Waals surface area contributed by atoms with Gasteiger partial charge < -0.3 is 0 Å². The van der Waals surface area contributed by atoms with E-state index in [4.69, 9.17) is 11.6 Å². The molecule has 0 aliphatic carbocycles. The van der Waals surface area contributed by atoms with Gasteiger partial charge in [0.05, 0.1) is 10.5 Å². The molecule has 2 aromatic rings. The fourth-order valence-electron chi connectivity index (χ4n) is 1.48. The quantitative estimate of drug-likeness (QED) is 0.872. The lowest BCUT2D eigenvalue weighted by atomic mass is 10.2. The van der Waals surface area contributed by atoms with Gasteiger partial charge in [0.1, 0.15) is 11.0 Å². The van der Waals surface area contributed by atoms with E-state index in [1.165, 1.54) is 18.2 Å². The second-order valence-corrected chi connectivity index (χ2v) is 6.04. The summed E-state index contributed by atoms with van der Waals surface area (Å²) < 4.78 is 63.4. The Labute approximate surface area is 123 Å². The van der Waals surface area contributed by atoms with Gasteiger partial charge in [-0.1, -0.05) is 17.7 Å². The Morgan fingerprint density at radius 2 is 1.67 bits per heavy atom. The largest absolute Gasteiger partial charge is 0.416 e. The highest BCUT2D eigenvalue weighted by Crippen LogP contribution is 2.29. The normalized spacial score (nSPS) is 12.2. The minimum absolute atomic E-state index is 0.0256. The highest BCUT2D eigenvalue weighted by Gasteiger charge is 2.30. The fraction of sp³-hybridized carbons (Fsp3) is 0.0833. The third-order valence-electron chi connectivity index (χ3n) is 2.45. The molecule has 1 heterocycles.